The standard InChI is InChI=1S/C9H18N2O4/c1-5-14-7(12)6-11(10)8(13)15-9(2,3)4/h5-6,10H2,1-4H3. The number of hydrogen-bond acceptors (Lipinski definition) is 5. The van der Waals surface area contributed by atoms with Gasteiger partial charge in [0.15, 0.2) is 0 Å². The molecular weight excluding hydrogens is 200 g/mol. The van der Waals surface area contributed by atoms with Crippen LogP contribution < -0.4 is 5.84 Å². The second-order valence-corrected chi connectivity index (χ2v) is 3.91. The number of rotatable bonds is 3. The number of carbonyl (C=O) groups excluding carboxylic acids is 2. The molecule has 0 saturated heterocycles. The van der Waals surface area contributed by atoms with Gasteiger partial charge in [0.05, 0.1) is 6.61 Å². The summed E-state index contributed by atoms with van der Waals surface area (Å²) in [6.45, 7) is 6.74. The van der Waals surface area contributed by atoms with Crippen molar-refractivity contribution in [1.29, 1.82) is 0 Å². The fourth-order valence-electron chi connectivity index (χ4n) is 0.731. The molecule has 0 aromatic carbocycles. The van der Waals surface area contributed by atoms with Crippen LogP contribution in [0.2, 0.25) is 0 Å². The second kappa shape index (κ2) is 5.55. The highest BCUT2D eigenvalue weighted by molar-refractivity contribution is 5.77. The van der Waals surface area contributed by atoms with E-state index in [0.29, 0.717) is 5.01 Å². The highest BCUT2D eigenvalue weighted by Crippen LogP contribution is 2.08. The van der Waals surface area contributed by atoms with Crippen LogP contribution in [0.1, 0.15) is 27.7 Å². The summed E-state index contributed by atoms with van der Waals surface area (Å²) in [6, 6.07) is 0. The van der Waals surface area contributed by atoms with Crippen LogP contribution in [0.25, 0.3) is 0 Å². The summed E-state index contributed by atoms with van der Waals surface area (Å²) in [5, 5.41) is 0.684. The Morgan fingerprint density at radius 2 is 1.87 bits per heavy atom. The van der Waals surface area contributed by atoms with Gasteiger partial charge in [0.2, 0.25) is 0 Å². The summed E-state index contributed by atoms with van der Waals surface area (Å²) in [7, 11) is 0. The van der Waals surface area contributed by atoms with Crippen LogP contribution in [-0.4, -0.2) is 35.8 Å². The van der Waals surface area contributed by atoms with Crippen molar-refractivity contribution >= 4 is 12.1 Å². The molecule has 6 heteroatoms. The number of ether oxygens (including phenoxy) is 2. The maximum absolute atomic E-state index is 11.3. The van der Waals surface area contributed by atoms with Gasteiger partial charge >= 0.3 is 12.1 Å². The minimum absolute atomic E-state index is 0.251. The Kier molecular flexibility index (Phi) is 5.07. The van der Waals surface area contributed by atoms with E-state index in [-0.39, 0.29) is 13.2 Å². The van der Waals surface area contributed by atoms with E-state index < -0.39 is 17.7 Å². The average molecular weight is 218 g/mol. The third kappa shape index (κ3) is 6.73. The van der Waals surface area contributed by atoms with Crippen molar-refractivity contribution in [1.82, 2.24) is 5.01 Å². The number of hydrazine groups is 1. The molecule has 2 N–H and O–H groups in total. The van der Waals surface area contributed by atoms with Crippen LogP contribution >= 0.6 is 0 Å². The maximum atomic E-state index is 11.3. The fraction of sp³-hybridized carbons (Fsp3) is 0.778. The van der Waals surface area contributed by atoms with Crippen molar-refractivity contribution in [3.05, 3.63) is 0 Å². The van der Waals surface area contributed by atoms with Crippen LogP contribution in [0.5, 0.6) is 0 Å². The molecule has 1 amide bonds. The lowest BCUT2D eigenvalue weighted by Crippen LogP contribution is -2.44. The second-order valence-electron chi connectivity index (χ2n) is 3.91. The van der Waals surface area contributed by atoms with Crippen LogP contribution in [-0.2, 0) is 14.3 Å². The highest BCUT2D eigenvalue weighted by atomic mass is 16.6. The zero-order chi connectivity index (χ0) is 12.1. The van der Waals surface area contributed by atoms with Gasteiger partial charge < -0.3 is 9.47 Å². The maximum Gasteiger partial charge on any atom is 0.425 e. The number of hydrogen-bond donors (Lipinski definition) is 1. The van der Waals surface area contributed by atoms with Gasteiger partial charge in [-0.1, -0.05) is 0 Å². The number of amides is 1. The molecule has 0 aromatic rings. The molecule has 0 aliphatic heterocycles. The first-order chi connectivity index (χ1) is 6.76. The van der Waals surface area contributed by atoms with Gasteiger partial charge in [0.25, 0.3) is 0 Å². The number of esters is 1. The number of nitrogens with two attached hydrogens (primary N) is 1. The molecule has 0 heterocycles. The van der Waals surface area contributed by atoms with E-state index in [4.69, 9.17) is 10.6 Å². The molecule has 0 fully saturated rings. The molecule has 6 nitrogen and oxygen atoms in total. The molecular formula is C9H18N2O4. The zero-order valence-corrected chi connectivity index (χ0v) is 9.57. The van der Waals surface area contributed by atoms with Gasteiger partial charge in [-0.25, -0.2) is 15.6 Å². The monoisotopic (exact) mass is 218 g/mol. The highest BCUT2D eigenvalue weighted by Gasteiger charge is 2.21. The Morgan fingerprint density at radius 1 is 1.33 bits per heavy atom. The minimum Gasteiger partial charge on any atom is -0.465 e. The molecule has 0 aliphatic rings. The molecule has 0 atom stereocenters. The smallest absolute Gasteiger partial charge is 0.425 e. The molecule has 0 bridgehead atoms. The van der Waals surface area contributed by atoms with Gasteiger partial charge in [-0.3, -0.25) is 4.79 Å². The van der Waals surface area contributed by atoms with Crippen LogP contribution in [0.4, 0.5) is 4.79 Å². The molecule has 0 rings (SSSR count). The van der Waals surface area contributed by atoms with E-state index in [9.17, 15) is 9.59 Å². The largest absolute Gasteiger partial charge is 0.465 e. The first-order valence-electron chi connectivity index (χ1n) is 4.67. The van der Waals surface area contributed by atoms with E-state index in [1.54, 1.807) is 27.7 Å². The Morgan fingerprint density at radius 3 is 2.27 bits per heavy atom. The minimum atomic E-state index is -0.754. The van der Waals surface area contributed by atoms with E-state index in [2.05, 4.69) is 4.74 Å². The summed E-state index contributed by atoms with van der Waals surface area (Å²) >= 11 is 0. The van der Waals surface area contributed by atoms with Crippen molar-refractivity contribution < 1.29 is 19.1 Å². The molecule has 0 unspecified atom stereocenters. The van der Waals surface area contributed by atoms with E-state index in [0.717, 1.165) is 0 Å². The van der Waals surface area contributed by atoms with Gasteiger partial charge in [-0.15, -0.1) is 0 Å². The lowest BCUT2D eigenvalue weighted by Gasteiger charge is -2.23. The topological polar surface area (TPSA) is 81.9 Å². The molecule has 15 heavy (non-hydrogen) atoms. The predicted octanol–water partition coefficient (Wildman–Crippen LogP) is 0.660. The first kappa shape index (κ1) is 13.7. The zero-order valence-electron chi connectivity index (χ0n) is 9.57. The van der Waals surface area contributed by atoms with Crippen molar-refractivity contribution in [3.8, 4) is 0 Å². The Labute approximate surface area is 89.3 Å². The number of carbonyl (C=O) groups is 2. The van der Waals surface area contributed by atoms with Gasteiger partial charge in [-0.2, -0.15) is 0 Å². The summed E-state index contributed by atoms with van der Waals surface area (Å²) in [5.74, 6) is 4.75. The molecule has 88 valence electrons. The average Bonchev–Trinajstić information content (AvgIpc) is 2.00. The van der Waals surface area contributed by atoms with Crippen LogP contribution in [0.15, 0.2) is 0 Å². The lowest BCUT2D eigenvalue weighted by atomic mass is 10.2. The molecule has 0 radical (unpaired) electrons. The third-order valence-corrected chi connectivity index (χ3v) is 1.23. The Balaban J connectivity index is 4.05. The van der Waals surface area contributed by atoms with E-state index in [1.165, 1.54) is 0 Å². The normalized spacial score (nSPS) is 10.7. The summed E-state index contributed by atoms with van der Waals surface area (Å²) in [5.41, 5.74) is -0.636. The molecule has 0 aromatic heterocycles. The Bertz CT molecular complexity index is 235. The number of nitrogens with zero attached hydrogens (tertiary/aromatic N) is 1. The molecule has 0 saturated carbocycles. The summed E-state index contributed by atoms with van der Waals surface area (Å²) in [4.78, 5) is 22.2. The quantitative estimate of drug-likeness (QED) is 0.325. The Hall–Kier alpha value is -1.30. The fourth-order valence-corrected chi connectivity index (χ4v) is 0.731. The van der Waals surface area contributed by atoms with Crippen LogP contribution in [0, 0.1) is 0 Å². The van der Waals surface area contributed by atoms with E-state index in [1.807, 2.05) is 0 Å². The molecule has 0 spiro atoms. The first-order valence-corrected chi connectivity index (χ1v) is 4.67. The lowest BCUT2D eigenvalue weighted by molar-refractivity contribution is -0.144. The van der Waals surface area contributed by atoms with Gasteiger partial charge in [0, 0.05) is 0 Å². The van der Waals surface area contributed by atoms with Gasteiger partial charge in [0.1, 0.15) is 12.1 Å². The summed E-state index contributed by atoms with van der Waals surface area (Å²) < 4.78 is 9.56. The van der Waals surface area contributed by atoms with Crippen LogP contribution in [0.3, 0.4) is 0 Å². The molecule has 0 aliphatic carbocycles. The third-order valence-electron chi connectivity index (χ3n) is 1.23. The van der Waals surface area contributed by atoms with Crippen molar-refractivity contribution in [2.75, 3.05) is 13.2 Å². The van der Waals surface area contributed by atoms with Crippen molar-refractivity contribution in [2.45, 2.75) is 33.3 Å². The summed E-state index contributed by atoms with van der Waals surface area (Å²) in [6.07, 6.45) is -0.754. The predicted molar refractivity (Wildman–Crippen MR) is 53.8 cm³/mol. The van der Waals surface area contributed by atoms with E-state index >= 15 is 0 Å². The van der Waals surface area contributed by atoms with Crippen molar-refractivity contribution in [2.24, 2.45) is 5.84 Å². The van der Waals surface area contributed by atoms with Crippen molar-refractivity contribution in [3.63, 3.8) is 0 Å². The van der Waals surface area contributed by atoms with Gasteiger partial charge in [-0.05, 0) is 27.7 Å². The SMILES string of the molecule is CCOC(=O)CN(N)C(=O)OC(C)(C)C.